The van der Waals surface area contributed by atoms with Crippen LogP contribution in [0.5, 0.6) is 0 Å². The molecule has 0 aliphatic carbocycles. The van der Waals surface area contributed by atoms with Gasteiger partial charge in [0.1, 0.15) is 0 Å². The van der Waals surface area contributed by atoms with Crippen LogP contribution in [0.25, 0.3) is 16.2 Å². The summed E-state index contributed by atoms with van der Waals surface area (Å²) >= 11 is 1.56. The minimum atomic E-state index is -2.82. The van der Waals surface area contributed by atoms with E-state index in [-0.39, 0.29) is 17.8 Å². The zero-order chi connectivity index (χ0) is 23.5. The van der Waals surface area contributed by atoms with E-state index in [4.69, 9.17) is 5.73 Å². The van der Waals surface area contributed by atoms with Crippen LogP contribution in [-0.2, 0) is 6.54 Å². The summed E-state index contributed by atoms with van der Waals surface area (Å²) in [5.74, 6) is -0.403. The van der Waals surface area contributed by atoms with Gasteiger partial charge in [-0.2, -0.15) is 0 Å². The van der Waals surface area contributed by atoms with Crippen molar-refractivity contribution < 1.29 is 13.6 Å². The number of nitrogens with zero attached hydrogens (tertiary/aromatic N) is 4. The Balaban J connectivity index is 1.73. The molecule has 4 heterocycles. The monoisotopic (exact) mass is 469 g/mol. The predicted octanol–water partition coefficient (Wildman–Crippen LogP) is 3.88. The number of hydrogen-bond donors (Lipinski definition) is 3. The minimum absolute atomic E-state index is 0.165. The summed E-state index contributed by atoms with van der Waals surface area (Å²) in [5.41, 5.74) is 7.85. The molecule has 0 aliphatic heterocycles. The zero-order valence-corrected chi connectivity index (χ0v) is 18.7. The average molecular weight is 470 g/mol. The number of aromatic nitrogens is 4. The fraction of sp³-hybridized carbons (Fsp3) is 0.182. The Hall–Kier alpha value is -3.86. The molecule has 4 rings (SSSR count). The van der Waals surface area contributed by atoms with Crippen molar-refractivity contribution in [1.29, 1.82) is 0 Å². The third-order valence-electron chi connectivity index (χ3n) is 4.82. The van der Waals surface area contributed by atoms with Gasteiger partial charge in [0.05, 0.1) is 57.8 Å². The number of carbonyl (C=O) groups is 1. The summed E-state index contributed by atoms with van der Waals surface area (Å²) in [6.07, 6.45) is 4.45. The predicted molar refractivity (Wildman–Crippen MR) is 123 cm³/mol. The highest BCUT2D eigenvalue weighted by Gasteiger charge is 2.19. The lowest BCUT2D eigenvalue weighted by Crippen LogP contribution is -2.24. The summed E-state index contributed by atoms with van der Waals surface area (Å²) in [6.45, 7) is 3.97. The molecule has 0 fully saturated rings. The van der Waals surface area contributed by atoms with Gasteiger partial charge in [0.25, 0.3) is 12.3 Å². The fourth-order valence-electron chi connectivity index (χ4n) is 3.17. The molecule has 4 N–H and O–H groups in total. The van der Waals surface area contributed by atoms with Crippen LogP contribution in [-0.4, -0.2) is 31.7 Å². The summed E-state index contributed by atoms with van der Waals surface area (Å²) in [7, 11) is 0. The summed E-state index contributed by atoms with van der Waals surface area (Å²) in [4.78, 5) is 27.8. The number of hydrogen-bond acceptors (Lipinski definition) is 7. The van der Waals surface area contributed by atoms with Gasteiger partial charge >= 0.3 is 0 Å². The first-order valence-electron chi connectivity index (χ1n) is 9.96. The largest absolute Gasteiger partial charge is 0.403 e. The number of halogens is 2. The van der Waals surface area contributed by atoms with Gasteiger partial charge in [0.2, 0.25) is 0 Å². The molecular weight excluding hydrogens is 448 g/mol. The second-order valence-corrected chi connectivity index (χ2v) is 8.56. The van der Waals surface area contributed by atoms with E-state index in [0.29, 0.717) is 11.3 Å². The van der Waals surface area contributed by atoms with Crippen molar-refractivity contribution in [2.24, 2.45) is 5.73 Å². The molecule has 11 heteroatoms. The number of pyridine rings is 1. The summed E-state index contributed by atoms with van der Waals surface area (Å²) < 4.78 is 28.4. The highest BCUT2D eigenvalue weighted by Crippen LogP contribution is 2.31. The SMILES string of the molecule is Cc1cnc(CNC(=O)c2cc(N/C(=C\N)C(F)F)c3ncc(-c4ccc(C)s4)n3c2)cn1. The van der Waals surface area contributed by atoms with E-state index in [2.05, 4.69) is 25.6 Å². The highest BCUT2D eigenvalue weighted by molar-refractivity contribution is 7.15. The van der Waals surface area contributed by atoms with Gasteiger partial charge in [-0.1, -0.05) is 0 Å². The Bertz CT molecular complexity index is 1330. The smallest absolute Gasteiger partial charge is 0.279 e. The normalized spacial score (nSPS) is 11.8. The van der Waals surface area contributed by atoms with Crippen LogP contribution in [0.4, 0.5) is 14.5 Å². The molecule has 4 aromatic heterocycles. The average Bonchev–Trinajstić information content (AvgIpc) is 3.42. The van der Waals surface area contributed by atoms with Gasteiger partial charge in [-0.3, -0.25) is 19.2 Å². The number of carbonyl (C=O) groups excluding carboxylic acids is 1. The molecule has 0 atom stereocenters. The van der Waals surface area contributed by atoms with Crippen molar-refractivity contribution in [3.63, 3.8) is 0 Å². The molecule has 8 nitrogen and oxygen atoms in total. The molecule has 0 unspecified atom stereocenters. The molecule has 0 aliphatic rings. The molecule has 0 bridgehead atoms. The number of nitrogens with one attached hydrogen (secondary N) is 2. The number of alkyl halides is 2. The number of anilines is 1. The second kappa shape index (κ2) is 9.33. The van der Waals surface area contributed by atoms with Gasteiger partial charge in [0, 0.05) is 23.5 Å². The lowest BCUT2D eigenvalue weighted by atomic mass is 10.2. The Morgan fingerprint density at radius 1 is 1.21 bits per heavy atom. The number of imidazole rings is 1. The van der Waals surface area contributed by atoms with Crippen LogP contribution in [0, 0.1) is 13.8 Å². The van der Waals surface area contributed by atoms with Crippen molar-refractivity contribution in [1.82, 2.24) is 24.7 Å². The molecule has 170 valence electrons. The summed E-state index contributed by atoms with van der Waals surface area (Å²) in [5, 5.41) is 5.40. The molecule has 4 aromatic rings. The maximum Gasteiger partial charge on any atom is 0.279 e. The Kier molecular flexibility index (Phi) is 6.31. The first-order valence-corrected chi connectivity index (χ1v) is 10.8. The van der Waals surface area contributed by atoms with E-state index in [1.165, 1.54) is 6.07 Å². The maximum atomic E-state index is 13.3. The molecule has 0 radical (unpaired) electrons. The van der Waals surface area contributed by atoms with Crippen LogP contribution in [0.3, 0.4) is 0 Å². The molecule has 33 heavy (non-hydrogen) atoms. The number of nitrogens with two attached hydrogens (primary N) is 1. The van der Waals surface area contributed by atoms with Gasteiger partial charge in [-0.05, 0) is 32.0 Å². The van der Waals surface area contributed by atoms with Crippen molar-refractivity contribution in [2.75, 3.05) is 5.32 Å². The zero-order valence-electron chi connectivity index (χ0n) is 17.8. The summed E-state index contributed by atoms with van der Waals surface area (Å²) in [6, 6.07) is 5.39. The fourth-order valence-corrected chi connectivity index (χ4v) is 4.04. The number of amides is 1. The standard InChI is InChI=1S/C22H21F2N7OS/c1-12-7-27-15(8-26-12)9-29-22(32)14-5-16(30-17(6-25)20(23)24)21-28-10-18(31(21)11-14)19-4-3-13(2)33-19/h3-8,10-11,20,30H,9,25H2,1-2H3,(H,29,32)/b17-6-. The Labute approximate surface area is 192 Å². The highest BCUT2D eigenvalue weighted by atomic mass is 32.1. The van der Waals surface area contributed by atoms with E-state index in [0.717, 1.165) is 27.3 Å². The number of rotatable bonds is 7. The van der Waals surface area contributed by atoms with Crippen LogP contribution in [0.2, 0.25) is 0 Å². The van der Waals surface area contributed by atoms with Gasteiger partial charge in [-0.25, -0.2) is 13.8 Å². The number of fused-ring (bicyclic) bond motifs is 1. The first-order chi connectivity index (χ1) is 15.9. The third kappa shape index (κ3) is 4.82. The third-order valence-corrected chi connectivity index (χ3v) is 5.84. The maximum absolute atomic E-state index is 13.3. The van der Waals surface area contributed by atoms with Gasteiger partial charge in [0.15, 0.2) is 5.65 Å². The molecule has 0 saturated heterocycles. The van der Waals surface area contributed by atoms with E-state index in [1.54, 1.807) is 40.5 Å². The number of aryl methyl sites for hydroxylation is 2. The number of allylic oxidation sites excluding steroid dienone is 1. The molecule has 1 amide bonds. The van der Waals surface area contributed by atoms with E-state index in [9.17, 15) is 13.6 Å². The van der Waals surface area contributed by atoms with E-state index in [1.807, 2.05) is 26.0 Å². The van der Waals surface area contributed by atoms with Gasteiger partial charge in [-0.15, -0.1) is 11.3 Å². The molecule has 0 spiro atoms. The van der Waals surface area contributed by atoms with E-state index < -0.39 is 18.0 Å². The topological polar surface area (TPSA) is 110 Å². The molecule has 0 saturated carbocycles. The Morgan fingerprint density at radius 2 is 2.03 bits per heavy atom. The molecular formula is C22H21F2N7OS. The van der Waals surface area contributed by atoms with Crippen molar-refractivity contribution in [3.05, 3.63) is 76.7 Å². The van der Waals surface area contributed by atoms with Crippen LogP contribution >= 0.6 is 11.3 Å². The first kappa shape index (κ1) is 22.3. The second-order valence-electron chi connectivity index (χ2n) is 7.27. The lowest BCUT2D eigenvalue weighted by molar-refractivity contribution is 0.0950. The quantitative estimate of drug-likeness (QED) is 0.379. The van der Waals surface area contributed by atoms with Crippen LogP contribution in [0.15, 0.2) is 54.9 Å². The minimum Gasteiger partial charge on any atom is -0.403 e. The van der Waals surface area contributed by atoms with Crippen LogP contribution in [0.1, 0.15) is 26.6 Å². The number of thiophene rings is 1. The van der Waals surface area contributed by atoms with Crippen molar-refractivity contribution in [2.45, 2.75) is 26.8 Å². The van der Waals surface area contributed by atoms with Gasteiger partial charge < -0.3 is 16.4 Å². The van der Waals surface area contributed by atoms with Crippen LogP contribution < -0.4 is 16.4 Å². The Morgan fingerprint density at radius 3 is 2.67 bits per heavy atom. The lowest BCUT2D eigenvalue weighted by Gasteiger charge is -2.13. The van der Waals surface area contributed by atoms with E-state index >= 15 is 0 Å². The molecule has 0 aromatic carbocycles. The van der Waals surface area contributed by atoms with Crippen molar-refractivity contribution >= 4 is 28.6 Å². The van der Waals surface area contributed by atoms with Crippen molar-refractivity contribution in [3.8, 4) is 10.6 Å².